The van der Waals surface area contributed by atoms with Gasteiger partial charge in [-0.05, 0) is 31.0 Å². The molecule has 7 heteroatoms. The summed E-state index contributed by atoms with van der Waals surface area (Å²) in [6, 6.07) is 5.46. The predicted molar refractivity (Wildman–Crippen MR) is 71.7 cm³/mol. The van der Waals surface area contributed by atoms with E-state index in [4.69, 9.17) is 5.73 Å². The lowest BCUT2D eigenvalue weighted by molar-refractivity contribution is -0.274. The third-order valence-electron chi connectivity index (χ3n) is 3.29. The topological polar surface area (TPSA) is 53.1 Å². The van der Waals surface area contributed by atoms with Crippen LogP contribution in [0.3, 0.4) is 0 Å². The Balaban J connectivity index is 2.05. The molecule has 2 rings (SSSR count). The lowest BCUT2D eigenvalue weighted by Gasteiger charge is -2.13. The first-order chi connectivity index (χ1) is 9.76. The Bertz CT molecular complexity index is 605. The second-order valence-electron chi connectivity index (χ2n) is 4.81. The summed E-state index contributed by atoms with van der Waals surface area (Å²) >= 11 is 0. The van der Waals surface area contributed by atoms with Gasteiger partial charge in [0.15, 0.2) is 0 Å². The number of ether oxygens (including phenoxy) is 1. The molecule has 0 aliphatic rings. The van der Waals surface area contributed by atoms with Crippen molar-refractivity contribution in [2.75, 3.05) is 0 Å². The van der Waals surface area contributed by atoms with Crippen LogP contribution in [0, 0.1) is 6.92 Å². The van der Waals surface area contributed by atoms with E-state index in [1.54, 1.807) is 23.0 Å². The van der Waals surface area contributed by atoms with Crippen LogP contribution < -0.4 is 10.5 Å². The average molecular weight is 299 g/mol. The second-order valence-corrected chi connectivity index (χ2v) is 4.81. The van der Waals surface area contributed by atoms with Crippen LogP contribution in [0.15, 0.2) is 30.5 Å². The fourth-order valence-corrected chi connectivity index (χ4v) is 2.07. The average Bonchev–Trinajstić information content (AvgIpc) is 2.71. The highest BCUT2D eigenvalue weighted by Crippen LogP contribution is 2.24. The van der Waals surface area contributed by atoms with Gasteiger partial charge in [0.25, 0.3) is 0 Å². The summed E-state index contributed by atoms with van der Waals surface area (Å²) in [5.74, 6) is -0.239. The van der Waals surface area contributed by atoms with Gasteiger partial charge in [-0.3, -0.25) is 4.68 Å². The number of benzene rings is 1. The predicted octanol–water partition coefficient (Wildman–Crippen LogP) is 2.87. The fourth-order valence-electron chi connectivity index (χ4n) is 2.07. The molecule has 1 unspecified atom stereocenters. The third kappa shape index (κ3) is 3.98. The van der Waals surface area contributed by atoms with Gasteiger partial charge < -0.3 is 10.5 Å². The first-order valence-electron chi connectivity index (χ1n) is 6.35. The number of aromatic nitrogens is 2. The third-order valence-corrected chi connectivity index (χ3v) is 3.29. The molecule has 0 saturated heterocycles. The van der Waals surface area contributed by atoms with Crippen molar-refractivity contribution in [1.82, 2.24) is 9.78 Å². The molecule has 0 spiro atoms. The van der Waals surface area contributed by atoms with Gasteiger partial charge in [-0.1, -0.05) is 12.1 Å². The van der Waals surface area contributed by atoms with Crippen molar-refractivity contribution >= 4 is 0 Å². The number of hydrogen-bond donors (Lipinski definition) is 1. The minimum atomic E-state index is -4.68. The second kappa shape index (κ2) is 5.77. The smallest absolute Gasteiger partial charge is 0.406 e. The molecule has 21 heavy (non-hydrogen) atoms. The fraction of sp³-hybridized carbons (Fsp3) is 0.357. The van der Waals surface area contributed by atoms with Crippen LogP contribution in [-0.4, -0.2) is 16.1 Å². The highest BCUT2D eigenvalue weighted by molar-refractivity contribution is 5.30. The minimum absolute atomic E-state index is 0.239. The Kier molecular flexibility index (Phi) is 4.22. The summed E-state index contributed by atoms with van der Waals surface area (Å²) in [6.07, 6.45) is -2.45. The zero-order valence-corrected chi connectivity index (χ0v) is 11.7. The van der Waals surface area contributed by atoms with Crippen LogP contribution in [0.1, 0.15) is 22.9 Å². The molecule has 0 saturated carbocycles. The Morgan fingerprint density at radius 1 is 1.29 bits per heavy atom. The molecular formula is C14H16F3N3O. The molecule has 0 aliphatic carbocycles. The van der Waals surface area contributed by atoms with Crippen LogP contribution in [0.25, 0.3) is 0 Å². The first-order valence-corrected chi connectivity index (χ1v) is 6.35. The molecule has 1 aromatic carbocycles. The van der Waals surface area contributed by atoms with Gasteiger partial charge in [-0.2, -0.15) is 5.10 Å². The maximum atomic E-state index is 12.1. The van der Waals surface area contributed by atoms with E-state index in [9.17, 15) is 13.2 Å². The van der Waals surface area contributed by atoms with Crippen molar-refractivity contribution in [1.29, 1.82) is 0 Å². The zero-order valence-electron chi connectivity index (χ0n) is 11.7. The summed E-state index contributed by atoms with van der Waals surface area (Å²) in [6.45, 7) is 1.92. The van der Waals surface area contributed by atoms with Crippen LogP contribution in [-0.2, 0) is 13.5 Å². The van der Waals surface area contributed by atoms with Gasteiger partial charge in [0.1, 0.15) is 5.75 Å². The van der Waals surface area contributed by atoms with Crippen LogP contribution >= 0.6 is 0 Å². The van der Waals surface area contributed by atoms with Crippen molar-refractivity contribution in [2.24, 2.45) is 12.8 Å². The van der Waals surface area contributed by atoms with Gasteiger partial charge in [0, 0.05) is 24.3 Å². The van der Waals surface area contributed by atoms with Crippen molar-refractivity contribution in [3.8, 4) is 5.75 Å². The number of nitrogens with zero attached hydrogens (tertiary/aromatic N) is 2. The number of aryl methyl sites for hydroxylation is 1. The number of alkyl halides is 3. The summed E-state index contributed by atoms with van der Waals surface area (Å²) in [5.41, 5.74) is 8.85. The van der Waals surface area contributed by atoms with Crippen LogP contribution in [0.5, 0.6) is 5.75 Å². The molecule has 2 N–H and O–H groups in total. The van der Waals surface area contributed by atoms with Gasteiger partial charge in [-0.25, -0.2) is 0 Å². The van der Waals surface area contributed by atoms with E-state index in [0.29, 0.717) is 6.42 Å². The van der Waals surface area contributed by atoms with Gasteiger partial charge in [0.2, 0.25) is 0 Å². The summed E-state index contributed by atoms with van der Waals surface area (Å²) < 4.78 is 41.8. The van der Waals surface area contributed by atoms with E-state index in [1.807, 2.05) is 14.0 Å². The molecule has 1 aromatic heterocycles. The largest absolute Gasteiger partial charge is 0.573 e. The molecule has 0 amide bonds. The molecule has 114 valence electrons. The molecule has 0 radical (unpaired) electrons. The standard InChI is InChI=1S/C14H16F3N3O/c1-9-12(8-19-20(9)2)13(18)7-10-3-5-11(6-4-10)21-14(15,16)17/h3-6,8,13H,7,18H2,1-2H3. The minimum Gasteiger partial charge on any atom is -0.406 e. The molecule has 1 heterocycles. The number of halogens is 3. The van der Waals surface area contributed by atoms with Crippen molar-refractivity contribution in [2.45, 2.75) is 25.7 Å². The quantitative estimate of drug-likeness (QED) is 0.944. The lowest BCUT2D eigenvalue weighted by atomic mass is 10.0. The Hall–Kier alpha value is -2.02. The number of rotatable bonds is 4. The van der Waals surface area contributed by atoms with E-state index in [2.05, 4.69) is 9.84 Å². The van der Waals surface area contributed by atoms with Crippen LogP contribution in [0.2, 0.25) is 0 Å². The van der Waals surface area contributed by atoms with Gasteiger partial charge in [0.05, 0.1) is 6.20 Å². The van der Waals surface area contributed by atoms with Gasteiger partial charge >= 0.3 is 6.36 Å². The van der Waals surface area contributed by atoms with Crippen molar-refractivity contribution < 1.29 is 17.9 Å². The summed E-state index contributed by atoms with van der Waals surface area (Å²) in [5, 5.41) is 4.12. The summed E-state index contributed by atoms with van der Waals surface area (Å²) in [4.78, 5) is 0. The number of hydrogen-bond acceptors (Lipinski definition) is 3. The molecule has 0 aliphatic heterocycles. The van der Waals surface area contributed by atoms with Crippen molar-refractivity contribution in [3.05, 3.63) is 47.3 Å². The monoisotopic (exact) mass is 299 g/mol. The van der Waals surface area contributed by atoms with E-state index in [1.165, 1.54) is 12.1 Å². The Labute approximate surface area is 120 Å². The lowest BCUT2D eigenvalue weighted by Crippen LogP contribution is -2.17. The van der Waals surface area contributed by atoms with Gasteiger partial charge in [-0.15, -0.1) is 13.2 Å². The molecule has 4 nitrogen and oxygen atoms in total. The highest BCUT2D eigenvalue weighted by atomic mass is 19.4. The zero-order chi connectivity index (χ0) is 15.6. The Morgan fingerprint density at radius 2 is 1.90 bits per heavy atom. The molecule has 2 aromatic rings. The van der Waals surface area contributed by atoms with E-state index >= 15 is 0 Å². The van der Waals surface area contributed by atoms with Crippen LogP contribution in [0.4, 0.5) is 13.2 Å². The molecular weight excluding hydrogens is 283 g/mol. The maximum Gasteiger partial charge on any atom is 0.573 e. The van der Waals surface area contributed by atoms with E-state index in [0.717, 1.165) is 16.8 Å². The normalized spacial score (nSPS) is 13.2. The molecule has 0 bridgehead atoms. The highest BCUT2D eigenvalue weighted by Gasteiger charge is 2.30. The SMILES string of the molecule is Cc1c(C(N)Cc2ccc(OC(F)(F)F)cc2)cnn1C. The molecule has 1 atom stereocenters. The van der Waals surface area contributed by atoms with E-state index < -0.39 is 6.36 Å². The summed E-state index contributed by atoms with van der Waals surface area (Å²) in [7, 11) is 1.83. The molecule has 0 fully saturated rings. The number of nitrogens with two attached hydrogens (primary N) is 1. The van der Waals surface area contributed by atoms with Crippen molar-refractivity contribution in [3.63, 3.8) is 0 Å². The first kappa shape index (κ1) is 15.4. The Morgan fingerprint density at radius 3 is 2.38 bits per heavy atom. The maximum absolute atomic E-state index is 12.1. The van der Waals surface area contributed by atoms with E-state index in [-0.39, 0.29) is 11.8 Å².